The van der Waals surface area contributed by atoms with Crippen LogP contribution in [0.15, 0.2) is 24.3 Å². The van der Waals surface area contributed by atoms with Gasteiger partial charge in [0.2, 0.25) is 11.8 Å². The summed E-state index contributed by atoms with van der Waals surface area (Å²) in [6.07, 6.45) is 0.753. The van der Waals surface area contributed by atoms with E-state index in [2.05, 4.69) is 5.32 Å². The maximum absolute atomic E-state index is 12.6. The quantitative estimate of drug-likeness (QED) is 0.613. The Morgan fingerprint density at radius 1 is 1.15 bits per heavy atom. The van der Waals surface area contributed by atoms with Crippen molar-refractivity contribution in [1.82, 2.24) is 10.2 Å². The lowest BCUT2D eigenvalue weighted by molar-refractivity contribution is -0.143. The highest BCUT2D eigenvalue weighted by molar-refractivity contribution is 5.88. The van der Waals surface area contributed by atoms with Crippen molar-refractivity contribution >= 4 is 11.8 Å². The first-order valence-corrected chi connectivity index (χ1v) is 9.19. The monoisotopic (exact) mass is 364 g/mol. The Bertz CT molecular complexity index is 557. The minimum absolute atomic E-state index is 0.0437. The van der Waals surface area contributed by atoms with Crippen LogP contribution in [0.5, 0.6) is 5.75 Å². The minimum atomic E-state index is -0.543. The van der Waals surface area contributed by atoms with Crippen LogP contribution in [0.3, 0.4) is 0 Å². The fourth-order valence-electron chi connectivity index (χ4n) is 2.48. The molecular weight excluding hydrogens is 332 g/mol. The van der Waals surface area contributed by atoms with E-state index in [4.69, 9.17) is 9.47 Å². The summed E-state index contributed by atoms with van der Waals surface area (Å²) in [5.41, 5.74) is 0.954. The van der Waals surface area contributed by atoms with Crippen LogP contribution in [-0.2, 0) is 20.9 Å². The Labute approximate surface area is 156 Å². The Morgan fingerprint density at radius 3 is 2.35 bits per heavy atom. The number of carbonyl (C=O) groups excluding carboxylic acids is 2. The molecule has 0 saturated carbocycles. The first kappa shape index (κ1) is 22.0. The molecular formula is C20H32N2O4. The summed E-state index contributed by atoms with van der Waals surface area (Å²) in [7, 11) is 1.61. The topological polar surface area (TPSA) is 67.9 Å². The molecule has 1 rings (SSSR count). The average Bonchev–Trinajstić information content (AvgIpc) is 2.65. The molecule has 0 aliphatic heterocycles. The zero-order valence-corrected chi connectivity index (χ0v) is 16.6. The third kappa shape index (κ3) is 7.04. The molecule has 0 saturated heterocycles. The van der Waals surface area contributed by atoms with Gasteiger partial charge in [-0.1, -0.05) is 26.0 Å². The van der Waals surface area contributed by atoms with Crippen molar-refractivity contribution in [2.75, 3.05) is 26.9 Å². The number of ether oxygens (including phenoxy) is 2. The summed E-state index contributed by atoms with van der Waals surface area (Å²) >= 11 is 0. The Hall–Kier alpha value is -2.08. The fraction of sp³-hybridized carbons (Fsp3) is 0.600. The maximum atomic E-state index is 12.6. The van der Waals surface area contributed by atoms with Crippen LogP contribution in [0.25, 0.3) is 0 Å². The molecule has 0 aliphatic rings. The number of hydrogen-bond donors (Lipinski definition) is 1. The molecule has 1 N–H and O–H groups in total. The van der Waals surface area contributed by atoms with E-state index >= 15 is 0 Å². The zero-order chi connectivity index (χ0) is 19.5. The van der Waals surface area contributed by atoms with Crippen molar-refractivity contribution in [2.45, 2.75) is 46.7 Å². The number of carbonyl (C=O) groups is 2. The van der Waals surface area contributed by atoms with Gasteiger partial charge in [0, 0.05) is 32.2 Å². The third-order valence-corrected chi connectivity index (χ3v) is 4.10. The molecule has 2 amide bonds. The van der Waals surface area contributed by atoms with Crippen molar-refractivity contribution in [1.29, 1.82) is 0 Å². The number of methoxy groups -OCH3 is 1. The summed E-state index contributed by atoms with van der Waals surface area (Å²) in [6.45, 7) is 9.60. The van der Waals surface area contributed by atoms with Crippen LogP contribution in [0.4, 0.5) is 0 Å². The van der Waals surface area contributed by atoms with Crippen molar-refractivity contribution in [3.05, 3.63) is 29.8 Å². The van der Waals surface area contributed by atoms with Crippen LogP contribution in [0.1, 0.15) is 39.7 Å². The van der Waals surface area contributed by atoms with E-state index in [1.54, 1.807) is 18.9 Å². The Kier molecular flexibility index (Phi) is 9.73. The molecule has 6 heteroatoms. The second kappa shape index (κ2) is 11.5. The molecule has 0 spiro atoms. The molecule has 1 aromatic carbocycles. The standard InChI is InChI=1S/C20H32N2O4/c1-6-26-13-7-12-21-19(23)16(4)22(20(24)15(2)3)14-17-8-10-18(25-5)11-9-17/h8-11,15-16H,6-7,12-14H2,1-5H3,(H,21,23). The number of rotatable bonds is 11. The largest absolute Gasteiger partial charge is 0.497 e. The van der Waals surface area contributed by atoms with Crippen molar-refractivity contribution < 1.29 is 19.1 Å². The molecule has 0 bridgehead atoms. The van der Waals surface area contributed by atoms with Gasteiger partial charge in [-0.2, -0.15) is 0 Å². The van der Waals surface area contributed by atoms with Crippen LogP contribution < -0.4 is 10.1 Å². The van der Waals surface area contributed by atoms with E-state index < -0.39 is 6.04 Å². The van der Waals surface area contributed by atoms with Gasteiger partial charge in [0.05, 0.1) is 7.11 Å². The van der Waals surface area contributed by atoms with E-state index in [0.29, 0.717) is 26.3 Å². The smallest absolute Gasteiger partial charge is 0.242 e. The molecule has 1 unspecified atom stereocenters. The minimum Gasteiger partial charge on any atom is -0.497 e. The Morgan fingerprint density at radius 2 is 1.81 bits per heavy atom. The summed E-state index contributed by atoms with van der Waals surface area (Å²) in [5.74, 6) is 0.388. The maximum Gasteiger partial charge on any atom is 0.242 e. The van der Waals surface area contributed by atoms with Crippen LogP contribution >= 0.6 is 0 Å². The highest BCUT2D eigenvalue weighted by Gasteiger charge is 2.27. The molecule has 26 heavy (non-hydrogen) atoms. The molecule has 0 heterocycles. The van der Waals surface area contributed by atoms with Gasteiger partial charge in [-0.3, -0.25) is 9.59 Å². The lowest BCUT2D eigenvalue weighted by Gasteiger charge is -2.30. The van der Waals surface area contributed by atoms with Gasteiger partial charge in [0.1, 0.15) is 11.8 Å². The van der Waals surface area contributed by atoms with E-state index in [1.165, 1.54) is 0 Å². The number of nitrogens with one attached hydrogen (secondary N) is 1. The highest BCUT2D eigenvalue weighted by Crippen LogP contribution is 2.16. The molecule has 1 aromatic rings. The summed E-state index contributed by atoms with van der Waals surface area (Å²) in [5, 5.41) is 2.89. The molecule has 0 radical (unpaired) electrons. The molecule has 6 nitrogen and oxygen atoms in total. The van der Waals surface area contributed by atoms with Crippen LogP contribution in [-0.4, -0.2) is 49.6 Å². The first-order valence-electron chi connectivity index (χ1n) is 9.19. The van der Waals surface area contributed by atoms with Gasteiger partial charge in [0.15, 0.2) is 0 Å². The summed E-state index contributed by atoms with van der Waals surface area (Å²) in [4.78, 5) is 26.7. The van der Waals surface area contributed by atoms with Gasteiger partial charge in [-0.15, -0.1) is 0 Å². The summed E-state index contributed by atoms with van der Waals surface area (Å²) in [6, 6.07) is 6.98. The highest BCUT2D eigenvalue weighted by atomic mass is 16.5. The van der Waals surface area contributed by atoms with Crippen LogP contribution in [0.2, 0.25) is 0 Å². The van der Waals surface area contributed by atoms with Crippen molar-refractivity contribution in [2.24, 2.45) is 5.92 Å². The number of hydrogen-bond acceptors (Lipinski definition) is 4. The van der Waals surface area contributed by atoms with Gasteiger partial charge in [-0.25, -0.2) is 0 Å². The van der Waals surface area contributed by atoms with E-state index in [0.717, 1.165) is 17.7 Å². The fourth-order valence-corrected chi connectivity index (χ4v) is 2.48. The van der Waals surface area contributed by atoms with Crippen molar-refractivity contribution in [3.63, 3.8) is 0 Å². The molecule has 146 valence electrons. The lowest BCUT2D eigenvalue weighted by atomic mass is 10.1. The van der Waals surface area contributed by atoms with Gasteiger partial charge in [0.25, 0.3) is 0 Å². The summed E-state index contributed by atoms with van der Waals surface area (Å²) < 4.78 is 10.4. The van der Waals surface area contributed by atoms with Gasteiger partial charge >= 0.3 is 0 Å². The van der Waals surface area contributed by atoms with Gasteiger partial charge in [-0.05, 0) is 38.0 Å². The van der Waals surface area contributed by atoms with E-state index in [9.17, 15) is 9.59 Å². The normalized spacial score (nSPS) is 11.9. The lowest BCUT2D eigenvalue weighted by Crippen LogP contribution is -2.49. The first-order chi connectivity index (χ1) is 12.4. The van der Waals surface area contributed by atoms with E-state index in [1.807, 2.05) is 45.0 Å². The molecule has 1 atom stereocenters. The number of benzene rings is 1. The second-order valence-electron chi connectivity index (χ2n) is 6.49. The van der Waals surface area contributed by atoms with Gasteiger partial charge < -0.3 is 19.7 Å². The predicted molar refractivity (Wildman–Crippen MR) is 102 cm³/mol. The molecule has 0 aromatic heterocycles. The molecule has 0 aliphatic carbocycles. The zero-order valence-electron chi connectivity index (χ0n) is 16.6. The predicted octanol–water partition coefficient (Wildman–Crippen LogP) is 2.61. The number of amides is 2. The third-order valence-electron chi connectivity index (χ3n) is 4.10. The SMILES string of the molecule is CCOCCCNC(=O)C(C)N(Cc1ccc(OC)cc1)C(=O)C(C)C. The van der Waals surface area contributed by atoms with Crippen molar-refractivity contribution in [3.8, 4) is 5.75 Å². The number of nitrogens with zero attached hydrogens (tertiary/aromatic N) is 1. The van der Waals surface area contributed by atoms with E-state index in [-0.39, 0.29) is 17.7 Å². The Balaban J connectivity index is 2.74. The second-order valence-corrected chi connectivity index (χ2v) is 6.49. The molecule has 0 fully saturated rings. The average molecular weight is 364 g/mol. The van der Waals surface area contributed by atoms with Crippen LogP contribution in [0, 0.1) is 5.92 Å².